The van der Waals surface area contributed by atoms with Crippen molar-refractivity contribution in [3.05, 3.63) is 0 Å². The van der Waals surface area contributed by atoms with Gasteiger partial charge in [0.25, 0.3) is 0 Å². The SMILES string of the molecule is CCCCC(CCC1OC2CC12)C(=O)OCC. The van der Waals surface area contributed by atoms with Gasteiger partial charge in [0.1, 0.15) is 0 Å². The number of hydrogen-bond donors (Lipinski definition) is 0. The summed E-state index contributed by atoms with van der Waals surface area (Å²) in [5.41, 5.74) is 0. The smallest absolute Gasteiger partial charge is 0.308 e. The first-order valence-corrected chi connectivity index (χ1v) is 7.08. The molecule has 3 heteroatoms. The molecule has 0 bridgehead atoms. The van der Waals surface area contributed by atoms with Gasteiger partial charge in [-0.25, -0.2) is 0 Å². The van der Waals surface area contributed by atoms with E-state index in [0.717, 1.165) is 38.0 Å². The highest BCUT2D eigenvalue weighted by atomic mass is 16.5. The monoisotopic (exact) mass is 240 g/mol. The van der Waals surface area contributed by atoms with Gasteiger partial charge in [0.05, 0.1) is 24.7 Å². The third-order valence-electron chi connectivity index (χ3n) is 3.93. The second-order valence-electron chi connectivity index (χ2n) is 5.28. The van der Waals surface area contributed by atoms with Crippen molar-refractivity contribution in [1.29, 1.82) is 0 Å². The fraction of sp³-hybridized carbons (Fsp3) is 0.929. The van der Waals surface area contributed by atoms with E-state index in [-0.39, 0.29) is 11.9 Å². The number of carbonyl (C=O) groups excluding carboxylic acids is 1. The second kappa shape index (κ2) is 5.85. The first-order chi connectivity index (χ1) is 8.26. The maximum Gasteiger partial charge on any atom is 0.308 e. The van der Waals surface area contributed by atoms with Gasteiger partial charge in [0.2, 0.25) is 0 Å². The van der Waals surface area contributed by atoms with Crippen LogP contribution in [0.5, 0.6) is 0 Å². The zero-order chi connectivity index (χ0) is 12.3. The normalized spacial score (nSPS) is 31.3. The van der Waals surface area contributed by atoms with E-state index in [1.807, 2.05) is 6.92 Å². The van der Waals surface area contributed by atoms with Gasteiger partial charge in [-0.1, -0.05) is 19.8 Å². The molecule has 3 nitrogen and oxygen atoms in total. The predicted molar refractivity (Wildman–Crippen MR) is 65.7 cm³/mol. The Balaban J connectivity index is 1.70. The van der Waals surface area contributed by atoms with Gasteiger partial charge in [-0.2, -0.15) is 0 Å². The summed E-state index contributed by atoms with van der Waals surface area (Å²) in [6.45, 7) is 4.52. The molecule has 17 heavy (non-hydrogen) atoms. The van der Waals surface area contributed by atoms with Crippen molar-refractivity contribution >= 4 is 5.97 Å². The van der Waals surface area contributed by atoms with Crippen LogP contribution in [0.3, 0.4) is 0 Å². The van der Waals surface area contributed by atoms with E-state index in [4.69, 9.17) is 9.47 Å². The van der Waals surface area contributed by atoms with Crippen LogP contribution in [-0.4, -0.2) is 24.8 Å². The summed E-state index contributed by atoms with van der Waals surface area (Å²) in [5.74, 6) is 0.910. The summed E-state index contributed by atoms with van der Waals surface area (Å²) >= 11 is 0. The number of carbonyl (C=O) groups is 1. The van der Waals surface area contributed by atoms with Crippen LogP contribution in [0.15, 0.2) is 0 Å². The van der Waals surface area contributed by atoms with E-state index < -0.39 is 0 Å². The van der Waals surface area contributed by atoms with Crippen molar-refractivity contribution in [2.24, 2.45) is 11.8 Å². The molecular formula is C14H24O3. The number of esters is 1. The zero-order valence-electron chi connectivity index (χ0n) is 11.0. The Hall–Kier alpha value is -0.570. The Morgan fingerprint density at radius 3 is 2.76 bits per heavy atom. The van der Waals surface area contributed by atoms with Crippen molar-refractivity contribution in [1.82, 2.24) is 0 Å². The van der Waals surface area contributed by atoms with Crippen LogP contribution in [0.4, 0.5) is 0 Å². The predicted octanol–water partition coefficient (Wildman–Crippen LogP) is 2.92. The van der Waals surface area contributed by atoms with Crippen LogP contribution in [0.1, 0.15) is 52.4 Å². The molecule has 4 unspecified atom stereocenters. The highest BCUT2D eigenvalue weighted by Gasteiger charge is 2.55. The van der Waals surface area contributed by atoms with Gasteiger partial charge >= 0.3 is 5.97 Å². The van der Waals surface area contributed by atoms with E-state index in [9.17, 15) is 4.79 Å². The lowest BCUT2D eigenvalue weighted by atomic mass is 9.93. The molecule has 2 rings (SSSR count). The highest BCUT2D eigenvalue weighted by Crippen LogP contribution is 2.50. The lowest BCUT2D eigenvalue weighted by Crippen LogP contribution is -2.30. The van der Waals surface area contributed by atoms with Gasteiger partial charge in [-0.3, -0.25) is 4.79 Å². The summed E-state index contributed by atoms with van der Waals surface area (Å²) in [4.78, 5) is 11.8. The van der Waals surface area contributed by atoms with Crippen LogP contribution in [-0.2, 0) is 14.3 Å². The van der Waals surface area contributed by atoms with E-state index >= 15 is 0 Å². The fourth-order valence-electron chi connectivity index (χ4n) is 2.71. The molecule has 4 atom stereocenters. The van der Waals surface area contributed by atoms with E-state index in [2.05, 4.69) is 6.92 Å². The summed E-state index contributed by atoms with van der Waals surface area (Å²) < 4.78 is 10.8. The summed E-state index contributed by atoms with van der Waals surface area (Å²) in [6, 6.07) is 0. The molecule has 0 amide bonds. The number of ether oxygens (including phenoxy) is 2. The minimum absolute atomic E-state index is 0.00683. The molecule has 0 N–H and O–H groups in total. The zero-order valence-corrected chi connectivity index (χ0v) is 11.0. The Morgan fingerprint density at radius 1 is 1.41 bits per heavy atom. The van der Waals surface area contributed by atoms with Crippen LogP contribution >= 0.6 is 0 Å². The molecule has 0 radical (unpaired) electrons. The van der Waals surface area contributed by atoms with Crippen molar-refractivity contribution < 1.29 is 14.3 Å². The first kappa shape index (κ1) is 12.9. The summed E-state index contributed by atoms with van der Waals surface area (Å²) in [5, 5.41) is 0. The third kappa shape index (κ3) is 3.21. The topological polar surface area (TPSA) is 35.5 Å². The molecule has 1 heterocycles. The maximum atomic E-state index is 11.8. The van der Waals surface area contributed by atoms with E-state index in [1.165, 1.54) is 6.42 Å². The molecule has 1 aliphatic heterocycles. The lowest BCUT2D eigenvalue weighted by molar-refractivity contribution is -0.149. The molecule has 0 aromatic heterocycles. The summed E-state index contributed by atoms with van der Waals surface area (Å²) in [7, 11) is 0. The number of unbranched alkanes of at least 4 members (excludes halogenated alkanes) is 1. The van der Waals surface area contributed by atoms with Crippen molar-refractivity contribution in [2.45, 2.75) is 64.6 Å². The molecular weight excluding hydrogens is 216 g/mol. The van der Waals surface area contributed by atoms with Gasteiger partial charge in [-0.05, 0) is 32.6 Å². The molecule has 0 aromatic carbocycles. The van der Waals surface area contributed by atoms with Crippen molar-refractivity contribution in [3.63, 3.8) is 0 Å². The van der Waals surface area contributed by atoms with Crippen molar-refractivity contribution in [2.75, 3.05) is 6.61 Å². The summed E-state index contributed by atoms with van der Waals surface area (Å²) in [6.07, 6.45) is 7.47. The largest absolute Gasteiger partial charge is 0.466 e. The Morgan fingerprint density at radius 2 is 2.24 bits per heavy atom. The molecule has 0 aromatic rings. The van der Waals surface area contributed by atoms with Crippen LogP contribution in [0.25, 0.3) is 0 Å². The van der Waals surface area contributed by atoms with Crippen LogP contribution in [0, 0.1) is 11.8 Å². The van der Waals surface area contributed by atoms with Gasteiger partial charge in [0, 0.05) is 5.92 Å². The standard InChI is InChI=1S/C14H24O3/c1-3-5-6-10(14(15)16-4-2)7-8-12-11-9-13(11)17-12/h10-13H,3-9H2,1-2H3. The second-order valence-corrected chi connectivity index (χ2v) is 5.28. The Kier molecular flexibility index (Phi) is 4.43. The van der Waals surface area contributed by atoms with Crippen molar-refractivity contribution in [3.8, 4) is 0 Å². The number of fused-ring (bicyclic) bond motifs is 1. The molecule has 1 saturated heterocycles. The van der Waals surface area contributed by atoms with Crippen LogP contribution < -0.4 is 0 Å². The lowest BCUT2D eigenvalue weighted by Gasteiger charge is -2.27. The van der Waals surface area contributed by atoms with Crippen LogP contribution in [0.2, 0.25) is 0 Å². The van der Waals surface area contributed by atoms with E-state index in [0.29, 0.717) is 18.8 Å². The van der Waals surface area contributed by atoms with Gasteiger partial charge < -0.3 is 9.47 Å². The maximum absolute atomic E-state index is 11.8. The molecule has 0 spiro atoms. The fourth-order valence-corrected chi connectivity index (χ4v) is 2.71. The number of rotatable bonds is 8. The number of hydrogen-bond acceptors (Lipinski definition) is 3. The molecule has 2 aliphatic rings. The average Bonchev–Trinajstić information content (AvgIpc) is 2.94. The Bertz CT molecular complexity index is 264. The average molecular weight is 240 g/mol. The minimum Gasteiger partial charge on any atom is -0.466 e. The van der Waals surface area contributed by atoms with E-state index in [1.54, 1.807) is 0 Å². The van der Waals surface area contributed by atoms with Gasteiger partial charge in [0.15, 0.2) is 0 Å². The molecule has 98 valence electrons. The molecule has 2 fully saturated rings. The first-order valence-electron chi connectivity index (χ1n) is 7.08. The molecule has 1 aliphatic carbocycles. The third-order valence-corrected chi connectivity index (χ3v) is 3.93. The highest BCUT2D eigenvalue weighted by molar-refractivity contribution is 5.72. The van der Waals surface area contributed by atoms with Gasteiger partial charge in [-0.15, -0.1) is 0 Å². The Labute approximate surface area is 104 Å². The minimum atomic E-state index is -0.00683. The quantitative estimate of drug-likeness (QED) is 0.612. The molecule has 1 saturated carbocycles.